The van der Waals surface area contributed by atoms with E-state index in [4.69, 9.17) is 0 Å². The Labute approximate surface area is 198 Å². The van der Waals surface area contributed by atoms with Crippen LogP contribution in [-0.2, 0) is 10.8 Å². The Bertz CT molecular complexity index is 1530. The summed E-state index contributed by atoms with van der Waals surface area (Å²) in [7, 11) is 0. The minimum atomic E-state index is 0.183. The van der Waals surface area contributed by atoms with E-state index in [-0.39, 0.29) is 10.8 Å². The number of aromatic nitrogens is 1. The minimum absolute atomic E-state index is 0.183. The first-order valence-corrected chi connectivity index (χ1v) is 12.3. The van der Waals surface area contributed by atoms with Crippen molar-refractivity contribution >= 4 is 48.5 Å². The number of nitrogens with zero attached hydrogens (tertiary/aromatic N) is 1. The maximum absolute atomic E-state index is 3.76. The van der Waals surface area contributed by atoms with Gasteiger partial charge in [0.1, 0.15) is 0 Å². The SMILES string of the molecule is CC1(C)CCC(C)(C)c2cc3c(cc21)c1ccccc1n3-c1ccc(Br)c2ccccc12. The van der Waals surface area contributed by atoms with Crippen molar-refractivity contribution in [3.63, 3.8) is 0 Å². The quantitative estimate of drug-likeness (QED) is 0.225. The summed E-state index contributed by atoms with van der Waals surface area (Å²) in [6, 6.07) is 27.0. The van der Waals surface area contributed by atoms with Gasteiger partial charge in [-0.15, -0.1) is 0 Å². The summed E-state index contributed by atoms with van der Waals surface area (Å²) in [5.41, 5.74) is 7.23. The number of fused-ring (bicyclic) bond motifs is 5. The van der Waals surface area contributed by atoms with Crippen molar-refractivity contribution in [2.75, 3.05) is 0 Å². The molecule has 0 bridgehead atoms. The highest BCUT2D eigenvalue weighted by Gasteiger charge is 2.37. The number of hydrogen-bond acceptors (Lipinski definition) is 0. The van der Waals surface area contributed by atoms with Gasteiger partial charge in [0.25, 0.3) is 0 Å². The molecule has 160 valence electrons. The molecule has 0 aliphatic heterocycles. The molecule has 0 spiro atoms. The van der Waals surface area contributed by atoms with Crippen molar-refractivity contribution in [1.82, 2.24) is 4.57 Å². The largest absolute Gasteiger partial charge is 0.309 e. The summed E-state index contributed by atoms with van der Waals surface area (Å²) in [6.07, 6.45) is 2.45. The highest BCUT2D eigenvalue weighted by Crippen LogP contribution is 2.48. The first-order valence-electron chi connectivity index (χ1n) is 11.5. The molecule has 1 aliphatic rings. The highest BCUT2D eigenvalue weighted by atomic mass is 79.9. The van der Waals surface area contributed by atoms with Crippen molar-refractivity contribution in [3.05, 3.63) is 88.4 Å². The molecule has 1 aliphatic carbocycles. The van der Waals surface area contributed by atoms with Crippen molar-refractivity contribution in [2.45, 2.75) is 51.4 Å². The molecule has 0 saturated heterocycles. The Morgan fingerprint density at radius 3 is 1.94 bits per heavy atom. The summed E-state index contributed by atoms with van der Waals surface area (Å²) in [6.45, 7) is 9.65. The average molecular weight is 482 g/mol. The van der Waals surface area contributed by atoms with E-state index in [1.54, 1.807) is 0 Å². The molecule has 1 aromatic heterocycles. The van der Waals surface area contributed by atoms with Crippen molar-refractivity contribution in [3.8, 4) is 5.69 Å². The van der Waals surface area contributed by atoms with Gasteiger partial charge in [-0.05, 0) is 70.5 Å². The third-order valence-corrected chi connectivity index (χ3v) is 8.43. The molecule has 32 heavy (non-hydrogen) atoms. The van der Waals surface area contributed by atoms with Crippen LogP contribution in [0.2, 0.25) is 0 Å². The van der Waals surface area contributed by atoms with Crippen LogP contribution in [0.15, 0.2) is 77.3 Å². The fourth-order valence-electron chi connectivity index (χ4n) is 5.73. The number of halogens is 1. The van der Waals surface area contributed by atoms with E-state index in [0.717, 1.165) is 4.47 Å². The molecule has 0 saturated carbocycles. The van der Waals surface area contributed by atoms with Gasteiger partial charge >= 0.3 is 0 Å². The molecule has 2 heteroatoms. The lowest BCUT2D eigenvalue weighted by Crippen LogP contribution is -2.33. The molecule has 0 unspecified atom stereocenters. The van der Waals surface area contributed by atoms with Crippen molar-refractivity contribution in [2.24, 2.45) is 0 Å². The fourth-order valence-corrected chi connectivity index (χ4v) is 6.21. The Morgan fingerprint density at radius 2 is 1.22 bits per heavy atom. The van der Waals surface area contributed by atoms with Crippen LogP contribution >= 0.6 is 15.9 Å². The van der Waals surface area contributed by atoms with E-state index in [2.05, 4.69) is 121 Å². The van der Waals surface area contributed by atoms with Crippen LogP contribution in [0.25, 0.3) is 38.3 Å². The van der Waals surface area contributed by atoms with Crippen molar-refractivity contribution in [1.29, 1.82) is 0 Å². The minimum Gasteiger partial charge on any atom is -0.309 e. The zero-order chi connectivity index (χ0) is 22.3. The standard InChI is InChI=1S/C30H28BrN/c1-29(2)15-16-30(3,4)24-18-28-22(17-23(24)29)21-11-7-8-12-26(21)32(28)27-14-13-25(31)19-9-5-6-10-20(19)27/h5-14,17-18H,15-16H2,1-4H3. The van der Waals surface area contributed by atoms with Gasteiger partial charge < -0.3 is 4.57 Å². The monoisotopic (exact) mass is 481 g/mol. The average Bonchev–Trinajstić information content (AvgIpc) is 3.11. The van der Waals surface area contributed by atoms with E-state index >= 15 is 0 Å². The molecule has 4 aromatic carbocycles. The summed E-state index contributed by atoms with van der Waals surface area (Å²) >= 11 is 3.76. The fraction of sp³-hybridized carbons (Fsp3) is 0.267. The van der Waals surface area contributed by atoms with Crippen LogP contribution in [0.1, 0.15) is 51.7 Å². The lowest BCUT2D eigenvalue weighted by molar-refractivity contribution is 0.332. The van der Waals surface area contributed by atoms with Gasteiger partial charge in [-0.25, -0.2) is 0 Å². The number of benzene rings is 4. The second-order valence-corrected chi connectivity index (χ2v) is 11.5. The molecule has 1 nitrogen and oxygen atoms in total. The number of hydrogen-bond donors (Lipinski definition) is 0. The maximum Gasteiger partial charge on any atom is 0.0544 e. The molecule has 0 amide bonds. The smallest absolute Gasteiger partial charge is 0.0544 e. The van der Waals surface area contributed by atoms with Gasteiger partial charge in [0.05, 0.1) is 16.7 Å². The molecule has 0 fully saturated rings. The lowest BCUT2D eigenvalue weighted by atomic mass is 9.63. The second-order valence-electron chi connectivity index (χ2n) is 10.6. The third-order valence-electron chi connectivity index (χ3n) is 7.73. The van der Waals surface area contributed by atoms with Crippen molar-refractivity contribution < 1.29 is 0 Å². The summed E-state index contributed by atoms with van der Waals surface area (Å²) < 4.78 is 3.62. The van der Waals surface area contributed by atoms with Crippen LogP contribution in [0.4, 0.5) is 0 Å². The topological polar surface area (TPSA) is 4.93 Å². The molecule has 0 atom stereocenters. The van der Waals surface area contributed by atoms with E-state index in [1.807, 2.05) is 0 Å². The molecule has 0 radical (unpaired) electrons. The Balaban J connectivity index is 1.80. The summed E-state index contributed by atoms with van der Waals surface area (Å²) in [4.78, 5) is 0. The van der Waals surface area contributed by atoms with E-state index < -0.39 is 0 Å². The van der Waals surface area contributed by atoms with Crippen LogP contribution in [0.5, 0.6) is 0 Å². The molecule has 0 N–H and O–H groups in total. The molecule has 6 rings (SSSR count). The van der Waals surface area contributed by atoms with Crippen LogP contribution in [0, 0.1) is 0 Å². The van der Waals surface area contributed by atoms with Gasteiger partial charge in [-0.1, -0.05) is 86.1 Å². The first kappa shape index (κ1) is 20.1. The first-order chi connectivity index (χ1) is 15.3. The van der Waals surface area contributed by atoms with E-state index in [9.17, 15) is 0 Å². The van der Waals surface area contributed by atoms with E-state index in [0.29, 0.717) is 0 Å². The summed E-state index contributed by atoms with van der Waals surface area (Å²) in [5, 5.41) is 5.20. The third kappa shape index (κ3) is 2.75. The Hall–Kier alpha value is -2.58. The predicted octanol–water partition coefficient (Wildman–Crippen LogP) is 9.05. The van der Waals surface area contributed by atoms with Gasteiger partial charge in [0.15, 0.2) is 0 Å². The Morgan fingerprint density at radius 1 is 0.625 bits per heavy atom. The Kier molecular flexibility index (Phi) is 4.21. The summed E-state index contributed by atoms with van der Waals surface area (Å²) in [5.74, 6) is 0. The predicted molar refractivity (Wildman–Crippen MR) is 141 cm³/mol. The van der Waals surface area contributed by atoms with Gasteiger partial charge in [-0.2, -0.15) is 0 Å². The normalized spacial score (nSPS) is 17.2. The lowest BCUT2D eigenvalue weighted by Gasteiger charge is -2.42. The van der Waals surface area contributed by atoms with Crippen LogP contribution in [-0.4, -0.2) is 4.57 Å². The van der Waals surface area contributed by atoms with Crippen LogP contribution < -0.4 is 0 Å². The maximum atomic E-state index is 3.76. The zero-order valence-electron chi connectivity index (χ0n) is 19.2. The molecular weight excluding hydrogens is 454 g/mol. The number of rotatable bonds is 1. The molecule has 5 aromatic rings. The van der Waals surface area contributed by atoms with Gasteiger partial charge in [-0.3, -0.25) is 0 Å². The van der Waals surface area contributed by atoms with Gasteiger partial charge in [0, 0.05) is 20.6 Å². The second kappa shape index (κ2) is 6.71. The van der Waals surface area contributed by atoms with Gasteiger partial charge in [0.2, 0.25) is 0 Å². The zero-order valence-corrected chi connectivity index (χ0v) is 20.8. The highest BCUT2D eigenvalue weighted by molar-refractivity contribution is 9.10. The number of para-hydroxylation sites is 1. The van der Waals surface area contributed by atoms with E-state index in [1.165, 1.54) is 62.2 Å². The molecular formula is C30H28BrN. The van der Waals surface area contributed by atoms with Crippen LogP contribution in [0.3, 0.4) is 0 Å². The molecule has 1 heterocycles.